The van der Waals surface area contributed by atoms with Crippen LogP contribution in [-0.4, -0.2) is 37.1 Å². The van der Waals surface area contributed by atoms with Crippen LogP contribution in [0.3, 0.4) is 0 Å². The Bertz CT molecular complexity index is 710. The smallest absolute Gasteiger partial charge is 0.256 e. The van der Waals surface area contributed by atoms with Crippen molar-refractivity contribution in [3.63, 3.8) is 0 Å². The standard InChI is InChI=1S/C18H18F2N2O2/c19-14-9-13(10-15(20)11-14)12-21-17-4-2-1-3-16(17)18(23)22-5-7-24-8-6-22/h1-4,9-11,21H,5-8,12H2. The normalized spacial score (nSPS) is 14.5. The number of amides is 1. The molecule has 0 spiro atoms. The Balaban J connectivity index is 1.75. The minimum atomic E-state index is -0.621. The average molecular weight is 332 g/mol. The van der Waals surface area contributed by atoms with E-state index in [0.29, 0.717) is 43.1 Å². The van der Waals surface area contributed by atoms with Crippen LogP contribution >= 0.6 is 0 Å². The molecule has 3 rings (SSSR count). The van der Waals surface area contributed by atoms with E-state index < -0.39 is 11.6 Å². The molecule has 1 amide bonds. The minimum Gasteiger partial charge on any atom is -0.380 e. The van der Waals surface area contributed by atoms with Crippen LogP contribution in [0.25, 0.3) is 0 Å². The molecule has 1 aliphatic heterocycles. The highest BCUT2D eigenvalue weighted by Gasteiger charge is 2.20. The highest BCUT2D eigenvalue weighted by Crippen LogP contribution is 2.19. The van der Waals surface area contributed by atoms with E-state index in [0.717, 1.165) is 6.07 Å². The molecule has 0 bridgehead atoms. The summed E-state index contributed by atoms with van der Waals surface area (Å²) in [6, 6.07) is 10.5. The SMILES string of the molecule is O=C(c1ccccc1NCc1cc(F)cc(F)c1)N1CCOCC1. The summed E-state index contributed by atoms with van der Waals surface area (Å²) >= 11 is 0. The van der Waals surface area contributed by atoms with Crippen LogP contribution in [-0.2, 0) is 11.3 Å². The molecular formula is C18H18F2N2O2. The van der Waals surface area contributed by atoms with Gasteiger partial charge >= 0.3 is 0 Å². The van der Waals surface area contributed by atoms with Gasteiger partial charge < -0.3 is 15.0 Å². The first-order valence-electron chi connectivity index (χ1n) is 7.78. The first kappa shape index (κ1) is 16.4. The molecular weight excluding hydrogens is 314 g/mol. The van der Waals surface area contributed by atoms with E-state index >= 15 is 0 Å². The first-order chi connectivity index (χ1) is 11.6. The summed E-state index contributed by atoms with van der Waals surface area (Å²) in [6.45, 7) is 2.40. The summed E-state index contributed by atoms with van der Waals surface area (Å²) in [6.07, 6.45) is 0. The van der Waals surface area contributed by atoms with Crippen molar-refractivity contribution in [2.45, 2.75) is 6.54 Å². The highest BCUT2D eigenvalue weighted by molar-refractivity contribution is 5.99. The second kappa shape index (κ2) is 7.40. The molecule has 1 fully saturated rings. The van der Waals surface area contributed by atoms with Crippen molar-refractivity contribution in [2.24, 2.45) is 0 Å². The van der Waals surface area contributed by atoms with Crippen molar-refractivity contribution in [2.75, 3.05) is 31.6 Å². The van der Waals surface area contributed by atoms with Gasteiger partial charge in [0.05, 0.1) is 18.8 Å². The quantitative estimate of drug-likeness (QED) is 0.936. The monoisotopic (exact) mass is 332 g/mol. The number of halogens is 2. The zero-order chi connectivity index (χ0) is 16.9. The maximum Gasteiger partial charge on any atom is 0.256 e. The number of rotatable bonds is 4. The van der Waals surface area contributed by atoms with Gasteiger partial charge in [0.15, 0.2) is 0 Å². The number of hydrogen-bond acceptors (Lipinski definition) is 3. The molecule has 0 atom stereocenters. The van der Waals surface area contributed by atoms with Gasteiger partial charge in [-0.15, -0.1) is 0 Å². The van der Waals surface area contributed by atoms with Gasteiger partial charge in [0.25, 0.3) is 5.91 Å². The van der Waals surface area contributed by atoms with E-state index in [1.807, 2.05) is 6.07 Å². The Morgan fingerprint density at radius 1 is 1.08 bits per heavy atom. The second-order valence-corrected chi connectivity index (χ2v) is 5.58. The lowest BCUT2D eigenvalue weighted by molar-refractivity contribution is 0.0303. The van der Waals surface area contributed by atoms with Gasteiger partial charge in [0, 0.05) is 31.4 Å². The molecule has 126 valence electrons. The molecule has 1 aliphatic rings. The van der Waals surface area contributed by atoms with E-state index in [1.54, 1.807) is 23.1 Å². The van der Waals surface area contributed by atoms with E-state index in [9.17, 15) is 13.6 Å². The number of ether oxygens (including phenoxy) is 1. The number of morpholine rings is 1. The van der Waals surface area contributed by atoms with Crippen molar-refractivity contribution in [3.05, 3.63) is 65.2 Å². The van der Waals surface area contributed by atoms with E-state index in [2.05, 4.69) is 5.32 Å². The second-order valence-electron chi connectivity index (χ2n) is 5.58. The molecule has 0 aliphatic carbocycles. The zero-order valence-corrected chi connectivity index (χ0v) is 13.1. The van der Waals surface area contributed by atoms with Crippen molar-refractivity contribution in [1.29, 1.82) is 0 Å². The third-order valence-corrected chi connectivity index (χ3v) is 3.86. The molecule has 6 heteroatoms. The van der Waals surface area contributed by atoms with Crippen LogP contribution in [0.5, 0.6) is 0 Å². The largest absolute Gasteiger partial charge is 0.380 e. The van der Waals surface area contributed by atoms with Crippen LogP contribution in [0.4, 0.5) is 14.5 Å². The molecule has 4 nitrogen and oxygen atoms in total. The zero-order valence-electron chi connectivity index (χ0n) is 13.1. The van der Waals surface area contributed by atoms with Crippen molar-refractivity contribution < 1.29 is 18.3 Å². The topological polar surface area (TPSA) is 41.6 Å². The fourth-order valence-electron chi connectivity index (χ4n) is 2.67. The Labute approximate surface area is 139 Å². The summed E-state index contributed by atoms with van der Waals surface area (Å²) in [5.74, 6) is -1.32. The molecule has 1 saturated heterocycles. The van der Waals surface area contributed by atoms with Crippen LogP contribution < -0.4 is 5.32 Å². The molecule has 2 aromatic carbocycles. The van der Waals surface area contributed by atoms with Gasteiger partial charge in [-0.3, -0.25) is 4.79 Å². The number of para-hydroxylation sites is 1. The van der Waals surface area contributed by atoms with E-state index in [-0.39, 0.29) is 12.5 Å². The van der Waals surface area contributed by atoms with Crippen LogP contribution in [0.2, 0.25) is 0 Å². The minimum absolute atomic E-state index is 0.0770. The lowest BCUT2D eigenvalue weighted by Crippen LogP contribution is -2.40. The third-order valence-electron chi connectivity index (χ3n) is 3.86. The Morgan fingerprint density at radius 2 is 1.75 bits per heavy atom. The lowest BCUT2D eigenvalue weighted by Gasteiger charge is -2.27. The molecule has 0 aromatic heterocycles. The number of hydrogen-bond donors (Lipinski definition) is 1. The fraction of sp³-hybridized carbons (Fsp3) is 0.278. The number of carbonyl (C=O) groups excluding carboxylic acids is 1. The molecule has 0 saturated carbocycles. The van der Waals surface area contributed by atoms with Gasteiger partial charge in [-0.1, -0.05) is 12.1 Å². The molecule has 2 aromatic rings. The van der Waals surface area contributed by atoms with Crippen molar-refractivity contribution in [3.8, 4) is 0 Å². The van der Waals surface area contributed by atoms with Crippen molar-refractivity contribution >= 4 is 11.6 Å². The summed E-state index contributed by atoms with van der Waals surface area (Å²) in [5, 5.41) is 3.09. The number of anilines is 1. The van der Waals surface area contributed by atoms with E-state index in [1.165, 1.54) is 12.1 Å². The number of benzene rings is 2. The van der Waals surface area contributed by atoms with Crippen LogP contribution in [0, 0.1) is 11.6 Å². The lowest BCUT2D eigenvalue weighted by atomic mass is 10.1. The molecule has 1 heterocycles. The predicted octanol–water partition coefficient (Wildman–Crippen LogP) is 3.05. The summed E-state index contributed by atoms with van der Waals surface area (Å²) in [4.78, 5) is 14.4. The van der Waals surface area contributed by atoms with Gasteiger partial charge in [0.1, 0.15) is 11.6 Å². The maximum absolute atomic E-state index is 13.3. The van der Waals surface area contributed by atoms with Crippen LogP contribution in [0.15, 0.2) is 42.5 Å². The first-order valence-corrected chi connectivity index (χ1v) is 7.78. The average Bonchev–Trinajstić information content (AvgIpc) is 2.59. The van der Waals surface area contributed by atoms with Gasteiger partial charge in [-0.25, -0.2) is 8.78 Å². The Kier molecular flexibility index (Phi) is 5.05. The summed E-state index contributed by atoms with van der Waals surface area (Å²) < 4.78 is 31.8. The highest BCUT2D eigenvalue weighted by atomic mass is 19.1. The predicted molar refractivity (Wildman–Crippen MR) is 86.8 cm³/mol. The summed E-state index contributed by atoms with van der Waals surface area (Å²) in [5.41, 5.74) is 1.65. The molecule has 1 N–H and O–H groups in total. The number of nitrogens with zero attached hydrogens (tertiary/aromatic N) is 1. The Morgan fingerprint density at radius 3 is 2.46 bits per heavy atom. The van der Waals surface area contributed by atoms with Gasteiger partial charge in [-0.05, 0) is 29.8 Å². The van der Waals surface area contributed by atoms with Crippen LogP contribution in [0.1, 0.15) is 15.9 Å². The fourth-order valence-corrected chi connectivity index (χ4v) is 2.67. The molecule has 24 heavy (non-hydrogen) atoms. The third kappa shape index (κ3) is 3.89. The number of carbonyl (C=O) groups is 1. The number of nitrogens with one attached hydrogen (secondary N) is 1. The summed E-state index contributed by atoms with van der Waals surface area (Å²) in [7, 11) is 0. The van der Waals surface area contributed by atoms with Gasteiger partial charge in [0.2, 0.25) is 0 Å². The van der Waals surface area contributed by atoms with Gasteiger partial charge in [-0.2, -0.15) is 0 Å². The van der Waals surface area contributed by atoms with Crippen molar-refractivity contribution in [1.82, 2.24) is 4.90 Å². The van der Waals surface area contributed by atoms with E-state index in [4.69, 9.17) is 4.74 Å². The molecule has 0 unspecified atom stereocenters. The Hall–Kier alpha value is -2.47. The molecule has 0 radical (unpaired) electrons. The maximum atomic E-state index is 13.3.